The molecule has 3 rings (SSSR count). The van der Waals surface area contributed by atoms with Gasteiger partial charge in [0.15, 0.2) is 0 Å². The highest BCUT2D eigenvalue weighted by Crippen LogP contribution is 2.60. The second-order valence-corrected chi connectivity index (χ2v) is 12.4. The Morgan fingerprint density at radius 1 is 1.29 bits per heavy atom. The lowest BCUT2D eigenvalue weighted by Gasteiger charge is -2.32. The predicted octanol–water partition coefficient (Wildman–Crippen LogP) is 3.68. The van der Waals surface area contributed by atoms with Crippen molar-refractivity contribution in [2.45, 2.75) is 66.2 Å². The molecule has 1 aliphatic heterocycles. The number of hydrogen-bond donors (Lipinski definition) is 0. The van der Waals surface area contributed by atoms with Crippen LogP contribution in [0.25, 0.3) is 0 Å². The molecule has 2 aliphatic rings. The SMILES string of the molecule is CCn1cc(C(=O)N2CCC(S(C)(=O)=NC(=O)C3C(C=C(C)C)C3(C)C)CC2)c(C)n1. The molecule has 31 heavy (non-hydrogen) atoms. The van der Waals surface area contributed by atoms with Crippen molar-refractivity contribution in [3.05, 3.63) is 29.1 Å². The van der Waals surface area contributed by atoms with E-state index in [1.54, 1.807) is 22.0 Å². The van der Waals surface area contributed by atoms with Gasteiger partial charge in [-0.25, -0.2) is 4.21 Å². The van der Waals surface area contributed by atoms with Gasteiger partial charge in [-0.1, -0.05) is 25.5 Å². The van der Waals surface area contributed by atoms with Crippen LogP contribution < -0.4 is 0 Å². The van der Waals surface area contributed by atoms with Crippen molar-refractivity contribution >= 4 is 21.5 Å². The molecule has 1 saturated heterocycles. The van der Waals surface area contributed by atoms with E-state index in [0.29, 0.717) is 31.5 Å². The number of hydrogen-bond acceptors (Lipinski definition) is 4. The highest BCUT2D eigenvalue weighted by molar-refractivity contribution is 7.93. The number of allylic oxidation sites excluding steroid dienone is 2. The molecule has 7 nitrogen and oxygen atoms in total. The molecule has 0 aromatic carbocycles. The molecule has 3 atom stereocenters. The summed E-state index contributed by atoms with van der Waals surface area (Å²) in [7, 11) is -2.66. The van der Waals surface area contributed by atoms with Crippen molar-refractivity contribution in [2.24, 2.45) is 21.6 Å². The maximum Gasteiger partial charge on any atom is 0.258 e. The van der Waals surface area contributed by atoms with E-state index in [-0.39, 0.29) is 34.3 Å². The Morgan fingerprint density at radius 2 is 1.90 bits per heavy atom. The number of aryl methyl sites for hydroxylation is 2. The van der Waals surface area contributed by atoms with Crippen LogP contribution in [0.5, 0.6) is 0 Å². The van der Waals surface area contributed by atoms with Crippen LogP contribution in [0.1, 0.15) is 63.5 Å². The number of nitrogens with zero attached hydrogens (tertiary/aromatic N) is 4. The van der Waals surface area contributed by atoms with Crippen LogP contribution >= 0.6 is 0 Å². The van der Waals surface area contributed by atoms with Gasteiger partial charge in [0.1, 0.15) is 0 Å². The molecule has 2 heterocycles. The van der Waals surface area contributed by atoms with Crippen LogP contribution in [-0.4, -0.2) is 55.3 Å². The third-order valence-corrected chi connectivity index (χ3v) is 9.06. The molecule has 2 amide bonds. The van der Waals surface area contributed by atoms with Crippen LogP contribution in [0.3, 0.4) is 0 Å². The third kappa shape index (κ3) is 4.78. The molecule has 3 unspecified atom stereocenters. The Kier molecular flexibility index (Phi) is 6.52. The Bertz CT molecular complexity index is 1020. The first-order valence-electron chi connectivity index (χ1n) is 11.1. The van der Waals surface area contributed by atoms with Crippen LogP contribution in [-0.2, 0) is 21.1 Å². The molecule has 0 bridgehead atoms. The van der Waals surface area contributed by atoms with E-state index in [0.717, 1.165) is 12.2 Å². The number of piperidine rings is 1. The number of carbonyl (C=O) groups excluding carboxylic acids is 2. The zero-order valence-electron chi connectivity index (χ0n) is 19.8. The van der Waals surface area contributed by atoms with Gasteiger partial charge >= 0.3 is 0 Å². The molecule has 0 spiro atoms. The number of amides is 2. The highest BCUT2D eigenvalue weighted by atomic mass is 32.2. The monoisotopic (exact) mass is 448 g/mol. The van der Waals surface area contributed by atoms with E-state index in [2.05, 4.69) is 29.4 Å². The van der Waals surface area contributed by atoms with Gasteiger partial charge in [-0.2, -0.15) is 9.46 Å². The van der Waals surface area contributed by atoms with Gasteiger partial charge in [0.25, 0.3) is 11.8 Å². The Balaban J connectivity index is 1.66. The lowest BCUT2D eigenvalue weighted by molar-refractivity contribution is -0.119. The fourth-order valence-corrected chi connectivity index (χ4v) is 6.39. The van der Waals surface area contributed by atoms with E-state index in [4.69, 9.17) is 0 Å². The molecule has 1 saturated carbocycles. The van der Waals surface area contributed by atoms with Gasteiger partial charge in [0, 0.05) is 37.3 Å². The molecular formula is C23H36N4O3S. The van der Waals surface area contributed by atoms with E-state index in [1.807, 2.05) is 27.7 Å². The zero-order chi connectivity index (χ0) is 23.1. The van der Waals surface area contributed by atoms with E-state index in [9.17, 15) is 13.8 Å². The van der Waals surface area contributed by atoms with E-state index in [1.165, 1.54) is 5.57 Å². The third-order valence-electron chi connectivity index (χ3n) is 6.81. The van der Waals surface area contributed by atoms with Gasteiger partial charge < -0.3 is 4.90 Å². The van der Waals surface area contributed by atoms with Crippen LogP contribution in [0.2, 0.25) is 0 Å². The Morgan fingerprint density at radius 3 is 2.42 bits per heavy atom. The fourth-order valence-electron chi connectivity index (χ4n) is 4.69. The number of aromatic nitrogens is 2. The van der Waals surface area contributed by atoms with Gasteiger partial charge in [-0.15, -0.1) is 0 Å². The largest absolute Gasteiger partial charge is 0.338 e. The fraction of sp³-hybridized carbons (Fsp3) is 0.696. The van der Waals surface area contributed by atoms with Gasteiger partial charge in [-0.3, -0.25) is 14.3 Å². The summed E-state index contributed by atoms with van der Waals surface area (Å²) in [6.45, 7) is 13.8. The lowest BCUT2D eigenvalue weighted by atomic mass is 10.1. The predicted molar refractivity (Wildman–Crippen MR) is 123 cm³/mol. The zero-order valence-corrected chi connectivity index (χ0v) is 20.7. The quantitative estimate of drug-likeness (QED) is 0.643. The van der Waals surface area contributed by atoms with Crippen LogP contribution in [0, 0.1) is 24.2 Å². The minimum Gasteiger partial charge on any atom is -0.338 e. The summed E-state index contributed by atoms with van der Waals surface area (Å²) in [5, 5.41) is 4.18. The van der Waals surface area contributed by atoms with E-state index >= 15 is 0 Å². The summed E-state index contributed by atoms with van der Waals surface area (Å²) in [6, 6.07) is 0. The number of carbonyl (C=O) groups is 2. The summed E-state index contributed by atoms with van der Waals surface area (Å²) < 4.78 is 19.4. The highest BCUT2D eigenvalue weighted by Gasteiger charge is 2.60. The second kappa shape index (κ2) is 8.52. The van der Waals surface area contributed by atoms with Gasteiger partial charge in [0.05, 0.1) is 26.9 Å². The summed E-state index contributed by atoms with van der Waals surface area (Å²) in [5.74, 6) is -0.296. The summed E-state index contributed by atoms with van der Waals surface area (Å²) in [6.07, 6.45) is 6.70. The number of likely N-dealkylation sites (tertiary alicyclic amines) is 1. The van der Waals surface area contributed by atoms with Gasteiger partial charge in [0.2, 0.25) is 0 Å². The minimum atomic E-state index is -2.66. The first-order chi connectivity index (χ1) is 14.4. The average molecular weight is 449 g/mol. The molecular weight excluding hydrogens is 412 g/mol. The normalized spacial score (nSPS) is 24.9. The lowest BCUT2D eigenvalue weighted by Crippen LogP contribution is -2.42. The molecule has 172 valence electrons. The first-order valence-corrected chi connectivity index (χ1v) is 13.1. The van der Waals surface area contributed by atoms with Crippen molar-refractivity contribution in [1.29, 1.82) is 0 Å². The minimum absolute atomic E-state index is 0.0319. The summed E-state index contributed by atoms with van der Waals surface area (Å²) in [4.78, 5) is 27.5. The molecule has 0 radical (unpaired) electrons. The molecule has 1 aromatic rings. The van der Waals surface area contributed by atoms with Crippen LogP contribution in [0.15, 0.2) is 22.2 Å². The standard InChI is InChI=1S/C23H36N4O3S/c1-8-27-14-18(16(4)24-27)22(29)26-11-9-17(10-12-26)31(7,30)25-21(28)20-19(13-15(2)3)23(20,5)6/h13-14,17,19-20H,8-12H2,1-7H3. The average Bonchev–Trinajstić information content (AvgIpc) is 3.02. The molecule has 1 aromatic heterocycles. The summed E-state index contributed by atoms with van der Waals surface area (Å²) in [5.41, 5.74) is 2.40. The number of rotatable bonds is 5. The van der Waals surface area contributed by atoms with Crippen molar-refractivity contribution in [3.63, 3.8) is 0 Å². The van der Waals surface area contributed by atoms with Gasteiger partial charge in [-0.05, 0) is 51.9 Å². The maximum atomic E-state index is 13.3. The first kappa shape index (κ1) is 23.7. The molecule has 8 heteroatoms. The Hall–Kier alpha value is -1.96. The van der Waals surface area contributed by atoms with Crippen molar-refractivity contribution in [1.82, 2.24) is 14.7 Å². The molecule has 1 aliphatic carbocycles. The summed E-state index contributed by atoms with van der Waals surface area (Å²) >= 11 is 0. The Labute approximate surface area is 186 Å². The van der Waals surface area contributed by atoms with E-state index < -0.39 is 9.73 Å². The van der Waals surface area contributed by atoms with Crippen molar-refractivity contribution < 1.29 is 13.8 Å². The maximum absolute atomic E-state index is 13.3. The molecule has 0 N–H and O–H groups in total. The van der Waals surface area contributed by atoms with Crippen LogP contribution in [0.4, 0.5) is 0 Å². The van der Waals surface area contributed by atoms with Crippen molar-refractivity contribution in [3.8, 4) is 0 Å². The second-order valence-electron chi connectivity index (χ2n) is 9.83. The van der Waals surface area contributed by atoms with Crippen molar-refractivity contribution in [2.75, 3.05) is 19.3 Å². The molecule has 2 fully saturated rings. The topological polar surface area (TPSA) is 84.6 Å². The smallest absolute Gasteiger partial charge is 0.258 e.